The van der Waals surface area contributed by atoms with Crippen molar-refractivity contribution in [2.45, 2.75) is 57.3 Å². The van der Waals surface area contributed by atoms with Crippen LogP contribution in [0.1, 0.15) is 51.5 Å². The molecule has 0 fully saturated rings. The van der Waals surface area contributed by atoms with Gasteiger partial charge in [-0.15, -0.1) is 0 Å². The number of sulfonamides is 1. The van der Waals surface area contributed by atoms with E-state index in [-0.39, 0.29) is 10.8 Å². The molecule has 0 aromatic heterocycles. The summed E-state index contributed by atoms with van der Waals surface area (Å²) < 4.78 is 25.6. The molecule has 1 aromatic carbocycles. The Balaban J connectivity index is 2.41. The summed E-state index contributed by atoms with van der Waals surface area (Å²) in [6, 6.07) is 6.65. The van der Waals surface area contributed by atoms with Crippen molar-refractivity contribution in [3.05, 3.63) is 29.8 Å². The van der Waals surface area contributed by atoms with Crippen LogP contribution in [0.5, 0.6) is 0 Å². The number of rotatable bonds is 11. The number of hydrogen-bond acceptors (Lipinski definition) is 3. The van der Waals surface area contributed by atoms with Crippen molar-refractivity contribution in [3.8, 4) is 0 Å². The number of carbonyl (C=O) groups excluding carboxylic acids is 1. The van der Waals surface area contributed by atoms with Crippen LogP contribution in [0.25, 0.3) is 0 Å². The maximum atomic E-state index is 12.0. The van der Waals surface area contributed by atoms with Crippen molar-refractivity contribution in [1.29, 1.82) is 0 Å². The quantitative estimate of drug-likeness (QED) is 0.641. The zero-order valence-electron chi connectivity index (χ0n) is 15.0. The zero-order chi connectivity index (χ0) is 18.0. The van der Waals surface area contributed by atoms with E-state index in [1.807, 2.05) is 0 Å². The van der Waals surface area contributed by atoms with Gasteiger partial charge in [0.1, 0.15) is 0 Å². The van der Waals surface area contributed by atoms with Crippen LogP contribution in [0.4, 0.5) is 0 Å². The van der Waals surface area contributed by atoms with Crippen molar-refractivity contribution in [3.63, 3.8) is 0 Å². The van der Waals surface area contributed by atoms with E-state index in [1.54, 1.807) is 24.3 Å². The van der Waals surface area contributed by atoms with Gasteiger partial charge in [-0.1, -0.05) is 45.2 Å². The van der Waals surface area contributed by atoms with E-state index in [0.29, 0.717) is 18.8 Å². The highest BCUT2D eigenvalue weighted by Gasteiger charge is 2.11. The van der Waals surface area contributed by atoms with Crippen LogP contribution in [0.15, 0.2) is 29.2 Å². The fourth-order valence-electron chi connectivity index (χ4n) is 2.50. The Morgan fingerprint density at radius 3 is 2.38 bits per heavy atom. The van der Waals surface area contributed by atoms with Gasteiger partial charge in [-0.05, 0) is 43.5 Å². The van der Waals surface area contributed by atoms with E-state index >= 15 is 0 Å². The highest BCUT2D eigenvalue weighted by molar-refractivity contribution is 7.89. The first kappa shape index (κ1) is 20.6. The van der Waals surface area contributed by atoms with Gasteiger partial charge in [0.05, 0.1) is 4.90 Å². The summed E-state index contributed by atoms with van der Waals surface area (Å²) in [5.74, 6) is 0.608. The molecule has 0 aliphatic rings. The molecule has 0 radical (unpaired) electrons. The van der Waals surface area contributed by atoms with E-state index in [2.05, 4.69) is 23.9 Å². The molecule has 0 aliphatic carbocycles. The maximum Gasteiger partial charge on any atom is 0.240 e. The first-order valence-corrected chi connectivity index (χ1v) is 10.2. The third-order valence-electron chi connectivity index (χ3n) is 4.27. The molecule has 1 atom stereocenters. The summed E-state index contributed by atoms with van der Waals surface area (Å²) in [4.78, 5) is 12.2. The van der Waals surface area contributed by atoms with Crippen LogP contribution in [0, 0.1) is 5.92 Å². The van der Waals surface area contributed by atoms with Crippen LogP contribution in [-0.2, 0) is 21.2 Å². The van der Waals surface area contributed by atoms with Crippen molar-refractivity contribution in [2.75, 3.05) is 13.6 Å². The second kappa shape index (κ2) is 10.5. The number of hydrogen-bond donors (Lipinski definition) is 2. The normalized spacial score (nSPS) is 12.8. The predicted octanol–water partition coefficient (Wildman–Crippen LogP) is 2.86. The van der Waals surface area contributed by atoms with Gasteiger partial charge >= 0.3 is 0 Å². The van der Waals surface area contributed by atoms with E-state index in [9.17, 15) is 13.2 Å². The number of unbranched alkanes of at least 4 members (excludes halogenated alkanes) is 1. The van der Waals surface area contributed by atoms with Gasteiger partial charge in [0.2, 0.25) is 15.9 Å². The molecule has 136 valence electrons. The average Bonchev–Trinajstić information content (AvgIpc) is 2.60. The number of aryl methyl sites for hydroxylation is 1. The molecular formula is C18H30N2O3S. The minimum Gasteiger partial charge on any atom is -0.356 e. The SMILES string of the molecule is CCCCC(CC)CNC(=O)CCc1ccc(S(=O)(=O)NC)cc1. The van der Waals surface area contributed by atoms with E-state index in [0.717, 1.165) is 24.9 Å². The zero-order valence-corrected chi connectivity index (χ0v) is 15.8. The molecule has 1 aromatic rings. The Bertz CT molecular complexity index is 597. The summed E-state index contributed by atoms with van der Waals surface area (Å²) >= 11 is 0. The van der Waals surface area contributed by atoms with Gasteiger partial charge in [0, 0.05) is 13.0 Å². The highest BCUT2D eigenvalue weighted by atomic mass is 32.2. The van der Waals surface area contributed by atoms with Crippen LogP contribution in [0.2, 0.25) is 0 Å². The second-order valence-corrected chi connectivity index (χ2v) is 7.96. The maximum absolute atomic E-state index is 12.0. The van der Waals surface area contributed by atoms with Gasteiger partial charge in [0.15, 0.2) is 0 Å². The Hall–Kier alpha value is -1.40. The predicted molar refractivity (Wildman–Crippen MR) is 97.3 cm³/mol. The summed E-state index contributed by atoms with van der Waals surface area (Å²) in [5, 5.41) is 3.01. The molecule has 0 spiro atoms. The molecular weight excluding hydrogens is 324 g/mol. The smallest absolute Gasteiger partial charge is 0.240 e. The fourth-order valence-corrected chi connectivity index (χ4v) is 3.23. The number of benzene rings is 1. The molecule has 0 bridgehead atoms. The van der Waals surface area contributed by atoms with Crippen molar-refractivity contribution in [2.24, 2.45) is 5.92 Å². The van der Waals surface area contributed by atoms with Crippen LogP contribution in [0.3, 0.4) is 0 Å². The summed E-state index contributed by atoms with van der Waals surface area (Å²) in [6.07, 6.45) is 5.66. The van der Waals surface area contributed by atoms with Crippen LogP contribution < -0.4 is 10.0 Å². The van der Waals surface area contributed by atoms with E-state index in [1.165, 1.54) is 19.9 Å². The summed E-state index contributed by atoms with van der Waals surface area (Å²) in [7, 11) is -2.02. The summed E-state index contributed by atoms with van der Waals surface area (Å²) in [6.45, 7) is 5.08. The minimum absolute atomic E-state index is 0.0527. The number of amides is 1. The van der Waals surface area contributed by atoms with Crippen LogP contribution >= 0.6 is 0 Å². The Labute approximate surface area is 146 Å². The Kier molecular flexibility index (Phi) is 9.00. The first-order valence-electron chi connectivity index (χ1n) is 8.72. The molecule has 5 nitrogen and oxygen atoms in total. The first-order chi connectivity index (χ1) is 11.4. The largest absolute Gasteiger partial charge is 0.356 e. The molecule has 0 saturated heterocycles. The molecule has 0 aliphatic heterocycles. The number of nitrogens with one attached hydrogen (secondary N) is 2. The molecule has 1 unspecified atom stereocenters. The van der Waals surface area contributed by atoms with Crippen molar-refractivity contribution >= 4 is 15.9 Å². The molecule has 0 heterocycles. The van der Waals surface area contributed by atoms with Gasteiger partial charge < -0.3 is 5.32 Å². The van der Waals surface area contributed by atoms with Gasteiger partial charge in [-0.2, -0.15) is 0 Å². The minimum atomic E-state index is -3.40. The topological polar surface area (TPSA) is 75.3 Å². The Morgan fingerprint density at radius 1 is 1.17 bits per heavy atom. The molecule has 2 N–H and O–H groups in total. The summed E-state index contributed by atoms with van der Waals surface area (Å²) in [5.41, 5.74) is 0.957. The van der Waals surface area contributed by atoms with Crippen molar-refractivity contribution < 1.29 is 13.2 Å². The molecule has 1 rings (SSSR count). The third kappa shape index (κ3) is 7.01. The van der Waals surface area contributed by atoms with E-state index < -0.39 is 10.0 Å². The fraction of sp³-hybridized carbons (Fsp3) is 0.611. The third-order valence-corrected chi connectivity index (χ3v) is 5.70. The lowest BCUT2D eigenvalue weighted by molar-refractivity contribution is -0.121. The second-order valence-electron chi connectivity index (χ2n) is 6.07. The molecule has 0 saturated carbocycles. The van der Waals surface area contributed by atoms with Gasteiger partial charge in [0.25, 0.3) is 0 Å². The van der Waals surface area contributed by atoms with Gasteiger partial charge in [-0.3, -0.25) is 4.79 Å². The van der Waals surface area contributed by atoms with Crippen molar-refractivity contribution in [1.82, 2.24) is 10.0 Å². The standard InChI is InChI=1S/C18H30N2O3S/c1-4-6-7-15(5-2)14-20-18(21)13-10-16-8-11-17(12-9-16)24(22,23)19-3/h8-9,11-12,15,19H,4-7,10,13-14H2,1-3H3,(H,20,21). The van der Waals surface area contributed by atoms with Gasteiger partial charge in [-0.25, -0.2) is 13.1 Å². The lowest BCUT2D eigenvalue weighted by Crippen LogP contribution is -2.29. The molecule has 6 heteroatoms. The average molecular weight is 355 g/mol. The lowest BCUT2D eigenvalue weighted by Gasteiger charge is -2.15. The highest BCUT2D eigenvalue weighted by Crippen LogP contribution is 2.13. The Morgan fingerprint density at radius 2 is 1.83 bits per heavy atom. The van der Waals surface area contributed by atoms with Crippen LogP contribution in [-0.4, -0.2) is 27.9 Å². The molecule has 24 heavy (non-hydrogen) atoms. The number of carbonyl (C=O) groups is 1. The monoisotopic (exact) mass is 354 g/mol. The van der Waals surface area contributed by atoms with E-state index in [4.69, 9.17) is 0 Å². The molecule has 1 amide bonds. The lowest BCUT2D eigenvalue weighted by atomic mass is 9.99.